The van der Waals surface area contributed by atoms with E-state index in [1.54, 1.807) is 24.8 Å². The first-order chi connectivity index (χ1) is 10.6. The Kier molecular flexibility index (Phi) is 7.21. The summed E-state index contributed by atoms with van der Waals surface area (Å²) in [6.45, 7) is 3.85. The summed E-state index contributed by atoms with van der Waals surface area (Å²) in [5.41, 5.74) is 5.91. The van der Waals surface area contributed by atoms with Crippen LogP contribution in [0.3, 0.4) is 0 Å². The number of alkyl halides is 2. The van der Waals surface area contributed by atoms with E-state index < -0.39 is 16.9 Å². The first-order valence-electron chi connectivity index (χ1n) is 6.92. The lowest BCUT2D eigenvalue weighted by atomic mass is 9.99. The van der Waals surface area contributed by atoms with Gasteiger partial charge in [-0.2, -0.15) is 0 Å². The first kappa shape index (κ1) is 19.6. The van der Waals surface area contributed by atoms with E-state index in [9.17, 15) is 14.9 Å². The van der Waals surface area contributed by atoms with Crippen molar-refractivity contribution < 1.29 is 14.8 Å². The molecular formula is C14H19Cl2N3O4. The highest BCUT2D eigenvalue weighted by molar-refractivity contribution is 6.22. The first-order valence-corrected chi connectivity index (χ1v) is 7.79. The number of halogens is 2. The summed E-state index contributed by atoms with van der Waals surface area (Å²) >= 11 is 12.2. The Morgan fingerprint density at radius 3 is 2.35 bits per heavy atom. The molecule has 1 aromatic carbocycles. The van der Waals surface area contributed by atoms with Crippen molar-refractivity contribution in [1.29, 1.82) is 0 Å². The van der Waals surface area contributed by atoms with Gasteiger partial charge >= 0.3 is 5.97 Å². The third kappa shape index (κ3) is 5.62. The van der Waals surface area contributed by atoms with Crippen molar-refractivity contribution in [2.75, 3.05) is 0 Å². The lowest BCUT2D eigenvalue weighted by Gasteiger charge is -2.28. The molecule has 3 atom stereocenters. The van der Waals surface area contributed by atoms with Crippen LogP contribution < -0.4 is 5.73 Å². The van der Waals surface area contributed by atoms with Gasteiger partial charge in [0, 0.05) is 18.7 Å². The molecule has 1 rings (SSSR count). The average molecular weight is 364 g/mol. The van der Waals surface area contributed by atoms with Gasteiger partial charge in [0.1, 0.15) is 6.04 Å². The van der Waals surface area contributed by atoms with Crippen molar-refractivity contribution in [2.24, 2.45) is 5.73 Å². The second-order valence-corrected chi connectivity index (χ2v) is 6.44. The van der Waals surface area contributed by atoms with Crippen LogP contribution in [0.4, 0.5) is 5.69 Å². The quantitative estimate of drug-likeness (QED) is 0.317. The molecule has 0 amide bonds. The molecule has 0 bridgehead atoms. The summed E-state index contributed by atoms with van der Waals surface area (Å²) in [6, 6.07) is 3.13. The third-order valence-electron chi connectivity index (χ3n) is 3.42. The number of nitrogens with zero attached hydrogens (tertiary/aromatic N) is 2. The fourth-order valence-electron chi connectivity index (χ4n) is 2.13. The SMILES string of the molecule is CC(Cl)N(Cc1ccc([N+](=O)[O-])cc1CC(N)C(=O)O)C(C)Cl. The van der Waals surface area contributed by atoms with Gasteiger partial charge in [0.2, 0.25) is 0 Å². The number of carbonyl (C=O) groups is 1. The van der Waals surface area contributed by atoms with Crippen molar-refractivity contribution in [3.05, 3.63) is 39.4 Å². The molecule has 0 saturated heterocycles. The van der Waals surface area contributed by atoms with E-state index in [2.05, 4.69) is 0 Å². The minimum Gasteiger partial charge on any atom is -0.480 e. The smallest absolute Gasteiger partial charge is 0.320 e. The van der Waals surface area contributed by atoms with E-state index >= 15 is 0 Å². The lowest BCUT2D eigenvalue weighted by molar-refractivity contribution is -0.384. The zero-order chi connectivity index (χ0) is 17.7. The fourth-order valence-corrected chi connectivity index (χ4v) is 2.66. The Balaban J connectivity index is 3.18. The number of rotatable bonds is 8. The van der Waals surface area contributed by atoms with Crippen LogP contribution in [-0.4, -0.2) is 37.9 Å². The molecule has 7 nitrogen and oxygen atoms in total. The van der Waals surface area contributed by atoms with E-state index in [4.69, 9.17) is 34.0 Å². The number of non-ortho nitro benzene ring substituents is 1. The minimum absolute atomic E-state index is 0.0203. The van der Waals surface area contributed by atoms with Gasteiger partial charge in [-0.1, -0.05) is 6.07 Å². The molecule has 3 N–H and O–H groups in total. The fraction of sp³-hybridized carbons (Fsp3) is 0.500. The number of carboxylic acids is 1. The van der Waals surface area contributed by atoms with Crippen molar-refractivity contribution in [3.63, 3.8) is 0 Å². The maximum atomic E-state index is 11.0. The third-order valence-corrected chi connectivity index (χ3v) is 3.93. The van der Waals surface area contributed by atoms with Crippen molar-refractivity contribution in [3.8, 4) is 0 Å². The molecule has 3 unspecified atom stereocenters. The normalized spacial score (nSPS) is 15.2. The zero-order valence-corrected chi connectivity index (χ0v) is 14.3. The molecule has 0 aromatic heterocycles. The van der Waals surface area contributed by atoms with E-state index in [1.807, 2.05) is 0 Å². The van der Waals surface area contributed by atoms with Crippen molar-refractivity contribution in [1.82, 2.24) is 4.90 Å². The maximum Gasteiger partial charge on any atom is 0.320 e. The van der Waals surface area contributed by atoms with Gasteiger partial charge in [-0.25, -0.2) is 0 Å². The van der Waals surface area contributed by atoms with Crippen LogP contribution in [0.2, 0.25) is 0 Å². The molecule has 0 aliphatic rings. The number of benzene rings is 1. The van der Waals surface area contributed by atoms with Gasteiger partial charge in [0.05, 0.1) is 15.9 Å². The summed E-state index contributed by atoms with van der Waals surface area (Å²) in [5.74, 6) is -1.17. The Hall–Kier alpha value is -1.41. The van der Waals surface area contributed by atoms with E-state index in [1.165, 1.54) is 12.1 Å². The van der Waals surface area contributed by atoms with Gasteiger partial charge in [0.15, 0.2) is 0 Å². The van der Waals surface area contributed by atoms with Crippen molar-refractivity contribution >= 4 is 34.9 Å². The van der Waals surface area contributed by atoms with Crippen LogP contribution in [0, 0.1) is 10.1 Å². The topological polar surface area (TPSA) is 110 Å². The average Bonchev–Trinajstić information content (AvgIpc) is 2.44. The van der Waals surface area contributed by atoms with Crippen LogP contribution in [0.1, 0.15) is 25.0 Å². The largest absolute Gasteiger partial charge is 0.480 e. The van der Waals surface area contributed by atoms with Crippen LogP contribution in [-0.2, 0) is 17.8 Å². The number of nitrogens with two attached hydrogens (primary N) is 1. The Morgan fingerprint density at radius 1 is 1.35 bits per heavy atom. The van der Waals surface area contributed by atoms with E-state index in [0.29, 0.717) is 17.7 Å². The molecular weight excluding hydrogens is 345 g/mol. The van der Waals surface area contributed by atoms with E-state index in [-0.39, 0.29) is 23.1 Å². The number of carboxylic acid groups (broad SMARTS) is 1. The zero-order valence-electron chi connectivity index (χ0n) is 12.8. The Morgan fingerprint density at radius 2 is 1.91 bits per heavy atom. The number of nitro groups is 1. The standard InChI is InChI=1S/C14H19Cl2N3O4/c1-8(15)18(9(2)16)7-10-3-4-12(19(22)23)5-11(10)6-13(17)14(20)21/h3-5,8-9,13H,6-7,17H2,1-2H3,(H,20,21). The molecule has 0 saturated carbocycles. The van der Waals surface area contributed by atoms with Crippen molar-refractivity contribution in [2.45, 2.75) is 43.9 Å². The summed E-state index contributed by atoms with van der Waals surface area (Å²) in [4.78, 5) is 23.1. The van der Waals surface area contributed by atoms with Crippen LogP contribution in [0.15, 0.2) is 18.2 Å². The van der Waals surface area contributed by atoms with Gasteiger partial charge in [0.25, 0.3) is 5.69 Å². The highest BCUT2D eigenvalue weighted by atomic mass is 35.5. The second kappa shape index (κ2) is 8.44. The van der Waals surface area contributed by atoms with Crippen LogP contribution in [0.25, 0.3) is 0 Å². The molecule has 23 heavy (non-hydrogen) atoms. The molecule has 0 heterocycles. The number of hydrogen-bond acceptors (Lipinski definition) is 5. The number of hydrogen-bond donors (Lipinski definition) is 2. The monoisotopic (exact) mass is 363 g/mol. The van der Waals surface area contributed by atoms with Gasteiger partial charge in [-0.05, 0) is 31.4 Å². The molecule has 0 aliphatic carbocycles. The molecule has 0 radical (unpaired) electrons. The predicted molar refractivity (Wildman–Crippen MR) is 88.6 cm³/mol. The number of aliphatic carboxylic acids is 1. The Bertz CT molecular complexity index is 573. The van der Waals surface area contributed by atoms with Gasteiger partial charge in [-0.15, -0.1) is 23.2 Å². The van der Waals surface area contributed by atoms with E-state index in [0.717, 1.165) is 0 Å². The Labute approximate surface area is 144 Å². The molecule has 0 spiro atoms. The van der Waals surface area contributed by atoms with Crippen LogP contribution >= 0.6 is 23.2 Å². The van der Waals surface area contributed by atoms with Gasteiger partial charge < -0.3 is 10.8 Å². The molecule has 0 aliphatic heterocycles. The second-order valence-electron chi connectivity index (χ2n) is 5.18. The summed E-state index contributed by atoms with van der Waals surface area (Å²) in [6.07, 6.45) is -0.0203. The molecule has 9 heteroatoms. The van der Waals surface area contributed by atoms with Crippen LogP contribution in [0.5, 0.6) is 0 Å². The summed E-state index contributed by atoms with van der Waals surface area (Å²) in [7, 11) is 0. The molecule has 0 fully saturated rings. The summed E-state index contributed by atoms with van der Waals surface area (Å²) < 4.78 is 0. The summed E-state index contributed by atoms with van der Waals surface area (Å²) in [5, 5.41) is 19.9. The molecule has 1 aromatic rings. The lowest BCUT2D eigenvalue weighted by Crippen LogP contribution is -2.35. The number of nitro benzene ring substituents is 1. The molecule has 128 valence electrons. The maximum absolute atomic E-state index is 11.0. The predicted octanol–water partition coefficient (Wildman–Crippen LogP) is 2.52. The highest BCUT2D eigenvalue weighted by Gasteiger charge is 2.22. The minimum atomic E-state index is -1.17. The van der Waals surface area contributed by atoms with Gasteiger partial charge in [-0.3, -0.25) is 19.8 Å². The highest BCUT2D eigenvalue weighted by Crippen LogP contribution is 2.24.